The van der Waals surface area contributed by atoms with Gasteiger partial charge in [0.1, 0.15) is 6.10 Å². The average molecular weight is 230 g/mol. The van der Waals surface area contributed by atoms with Gasteiger partial charge in [0, 0.05) is 20.0 Å². The fourth-order valence-electron chi connectivity index (χ4n) is 1.25. The normalized spacial score (nSPS) is 22.2. The molecule has 0 saturated carbocycles. The summed E-state index contributed by atoms with van der Waals surface area (Å²) in [6, 6.07) is 0. The molecule has 1 aliphatic heterocycles. The maximum absolute atomic E-state index is 10.7. The van der Waals surface area contributed by atoms with Crippen molar-refractivity contribution < 1.29 is 24.1 Å². The van der Waals surface area contributed by atoms with E-state index in [0.717, 1.165) is 6.61 Å². The summed E-state index contributed by atoms with van der Waals surface area (Å²) in [5.41, 5.74) is 0. The fourth-order valence-corrected chi connectivity index (χ4v) is 1.25. The number of esters is 1. The topological polar surface area (TPSA) is 68.3 Å². The minimum atomic E-state index is -1.58. The molecule has 16 heavy (non-hydrogen) atoms. The second kappa shape index (κ2) is 5.98. The van der Waals surface area contributed by atoms with Crippen LogP contribution in [-0.4, -0.2) is 42.8 Å². The Kier molecular flexibility index (Phi) is 4.92. The molecule has 1 aliphatic rings. The Hall–Kier alpha value is -0.910. The maximum atomic E-state index is 10.7. The zero-order valence-corrected chi connectivity index (χ0v) is 9.48. The van der Waals surface area contributed by atoms with Gasteiger partial charge in [-0.25, -0.2) is 0 Å². The highest BCUT2D eigenvalue weighted by Crippen LogP contribution is 2.16. The monoisotopic (exact) mass is 230 g/mol. The second-order valence-electron chi connectivity index (χ2n) is 3.78. The van der Waals surface area contributed by atoms with Crippen LogP contribution in [0.2, 0.25) is 0 Å². The number of hydrogen-bond donors (Lipinski definition) is 1. The van der Waals surface area contributed by atoms with Crippen molar-refractivity contribution in [3.05, 3.63) is 12.7 Å². The van der Waals surface area contributed by atoms with Crippen LogP contribution in [0.5, 0.6) is 0 Å². The first-order valence-electron chi connectivity index (χ1n) is 5.30. The minimum Gasteiger partial charge on any atom is -0.430 e. The van der Waals surface area contributed by atoms with Gasteiger partial charge in [-0.05, 0) is 12.5 Å². The highest BCUT2D eigenvalue weighted by atomic mass is 16.7. The van der Waals surface area contributed by atoms with E-state index in [4.69, 9.17) is 14.2 Å². The summed E-state index contributed by atoms with van der Waals surface area (Å²) in [5.74, 6) is -2.11. The van der Waals surface area contributed by atoms with Crippen LogP contribution in [0.4, 0.5) is 0 Å². The smallest absolute Gasteiger partial charge is 0.305 e. The molecule has 0 radical (unpaired) electrons. The van der Waals surface area contributed by atoms with Gasteiger partial charge in [-0.15, -0.1) is 0 Å². The van der Waals surface area contributed by atoms with Crippen LogP contribution in [0.25, 0.3) is 0 Å². The lowest BCUT2D eigenvalue weighted by Gasteiger charge is -2.23. The minimum absolute atomic E-state index is 0.242. The van der Waals surface area contributed by atoms with Crippen molar-refractivity contribution in [3.63, 3.8) is 0 Å². The second-order valence-corrected chi connectivity index (χ2v) is 3.78. The first kappa shape index (κ1) is 13.2. The molecule has 0 aromatic carbocycles. The van der Waals surface area contributed by atoms with Crippen molar-refractivity contribution in [2.45, 2.75) is 31.7 Å². The van der Waals surface area contributed by atoms with Gasteiger partial charge in [0.25, 0.3) is 0 Å². The number of epoxide rings is 1. The van der Waals surface area contributed by atoms with Gasteiger partial charge in [-0.2, -0.15) is 0 Å². The lowest BCUT2D eigenvalue weighted by atomic mass is 10.1. The van der Waals surface area contributed by atoms with E-state index in [1.807, 2.05) is 0 Å². The Bertz CT molecular complexity index is 249. The van der Waals surface area contributed by atoms with E-state index in [9.17, 15) is 9.90 Å². The Morgan fingerprint density at radius 1 is 1.75 bits per heavy atom. The van der Waals surface area contributed by atoms with Crippen molar-refractivity contribution in [1.29, 1.82) is 0 Å². The zero-order valence-electron chi connectivity index (χ0n) is 9.48. The highest BCUT2D eigenvalue weighted by Gasteiger charge is 2.26. The summed E-state index contributed by atoms with van der Waals surface area (Å²) in [4.78, 5) is 10.7. The van der Waals surface area contributed by atoms with E-state index in [-0.39, 0.29) is 12.5 Å². The summed E-state index contributed by atoms with van der Waals surface area (Å²) < 4.78 is 15.0. The molecule has 0 aliphatic carbocycles. The van der Waals surface area contributed by atoms with Gasteiger partial charge in [0.15, 0.2) is 0 Å². The van der Waals surface area contributed by atoms with Crippen LogP contribution in [0.15, 0.2) is 12.7 Å². The summed E-state index contributed by atoms with van der Waals surface area (Å²) in [6.07, 6.45) is 2.33. The number of carbonyl (C=O) groups excluding carboxylic acids is 1. The largest absolute Gasteiger partial charge is 0.430 e. The van der Waals surface area contributed by atoms with Crippen molar-refractivity contribution >= 4 is 5.97 Å². The molecule has 2 unspecified atom stereocenters. The van der Waals surface area contributed by atoms with Crippen molar-refractivity contribution in [2.24, 2.45) is 0 Å². The molecule has 1 fully saturated rings. The van der Waals surface area contributed by atoms with Crippen LogP contribution in [0, 0.1) is 0 Å². The fraction of sp³-hybridized carbons (Fsp3) is 0.727. The van der Waals surface area contributed by atoms with Gasteiger partial charge in [0.2, 0.25) is 5.79 Å². The van der Waals surface area contributed by atoms with E-state index in [0.29, 0.717) is 19.6 Å². The molecule has 1 N–H and O–H groups in total. The standard InChI is InChI=1S/C11H18O5/c1-3-11(13,16-9(2)12)5-4-6-14-7-10-8-15-10/h3,10,13H,1,4-8H2,2H3. The molecule has 5 heteroatoms. The number of aliphatic hydroxyl groups is 1. The molecule has 1 rings (SSSR count). The Morgan fingerprint density at radius 2 is 2.44 bits per heavy atom. The average Bonchev–Trinajstić information content (AvgIpc) is 3.00. The van der Waals surface area contributed by atoms with E-state index < -0.39 is 11.8 Å². The molecule has 0 bridgehead atoms. The lowest BCUT2D eigenvalue weighted by molar-refractivity contribution is -0.190. The van der Waals surface area contributed by atoms with Crippen molar-refractivity contribution in [3.8, 4) is 0 Å². The van der Waals surface area contributed by atoms with Crippen LogP contribution in [0.3, 0.4) is 0 Å². The maximum Gasteiger partial charge on any atom is 0.305 e. The summed E-state index contributed by atoms with van der Waals surface area (Å²) >= 11 is 0. The Labute approximate surface area is 95.0 Å². The Morgan fingerprint density at radius 3 is 2.94 bits per heavy atom. The number of ether oxygens (including phenoxy) is 3. The molecule has 0 aromatic heterocycles. The van der Waals surface area contributed by atoms with Gasteiger partial charge in [0.05, 0.1) is 13.2 Å². The molecule has 0 amide bonds. The van der Waals surface area contributed by atoms with Crippen LogP contribution in [-0.2, 0) is 19.0 Å². The SMILES string of the molecule is C=CC(O)(CCCOCC1CO1)OC(C)=O. The third-order valence-corrected chi connectivity index (χ3v) is 2.17. The molecule has 1 heterocycles. The molecule has 0 aromatic rings. The third kappa shape index (κ3) is 5.25. The predicted octanol–water partition coefficient (Wildman–Crippen LogP) is 0.620. The first-order chi connectivity index (χ1) is 7.56. The summed E-state index contributed by atoms with van der Waals surface area (Å²) in [7, 11) is 0. The quantitative estimate of drug-likeness (QED) is 0.218. The molecule has 0 spiro atoms. The van der Waals surface area contributed by atoms with Crippen molar-refractivity contribution in [2.75, 3.05) is 19.8 Å². The molecule has 2 atom stereocenters. The molecule has 5 nitrogen and oxygen atoms in total. The molecular formula is C11H18O5. The van der Waals surface area contributed by atoms with Gasteiger partial charge >= 0.3 is 5.97 Å². The number of carbonyl (C=O) groups is 1. The Balaban J connectivity index is 2.11. The summed E-state index contributed by atoms with van der Waals surface area (Å²) in [5, 5.41) is 9.77. The van der Waals surface area contributed by atoms with Gasteiger partial charge in [-0.3, -0.25) is 4.79 Å². The van der Waals surface area contributed by atoms with Gasteiger partial charge < -0.3 is 19.3 Å². The number of rotatable bonds is 8. The molecule has 92 valence electrons. The van der Waals surface area contributed by atoms with E-state index in [1.165, 1.54) is 13.0 Å². The van der Waals surface area contributed by atoms with Crippen LogP contribution < -0.4 is 0 Å². The van der Waals surface area contributed by atoms with E-state index in [1.54, 1.807) is 0 Å². The first-order valence-corrected chi connectivity index (χ1v) is 5.30. The van der Waals surface area contributed by atoms with Crippen molar-refractivity contribution in [1.82, 2.24) is 0 Å². The molecular weight excluding hydrogens is 212 g/mol. The molecule has 1 saturated heterocycles. The van der Waals surface area contributed by atoms with E-state index >= 15 is 0 Å². The van der Waals surface area contributed by atoms with Crippen LogP contribution >= 0.6 is 0 Å². The van der Waals surface area contributed by atoms with Crippen LogP contribution in [0.1, 0.15) is 19.8 Å². The predicted molar refractivity (Wildman–Crippen MR) is 56.7 cm³/mol. The summed E-state index contributed by atoms with van der Waals surface area (Å²) in [6.45, 7) is 6.53. The highest BCUT2D eigenvalue weighted by molar-refractivity contribution is 5.66. The lowest BCUT2D eigenvalue weighted by Crippen LogP contribution is -2.32. The van der Waals surface area contributed by atoms with Gasteiger partial charge in [-0.1, -0.05) is 6.58 Å². The number of hydrogen-bond acceptors (Lipinski definition) is 5. The zero-order chi connectivity index (χ0) is 12.0. The van der Waals surface area contributed by atoms with E-state index in [2.05, 4.69) is 6.58 Å². The third-order valence-electron chi connectivity index (χ3n) is 2.17.